The summed E-state index contributed by atoms with van der Waals surface area (Å²) in [4.78, 5) is 0. The van der Waals surface area contributed by atoms with Crippen molar-refractivity contribution in [1.29, 1.82) is 0 Å². The van der Waals surface area contributed by atoms with E-state index in [1.54, 1.807) is 26.4 Å². The summed E-state index contributed by atoms with van der Waals surface area (Å²) in [5, 5.41) is 10.5. The van der Waals surface area contributed by atoms with Gasteiger partial charge in [-0.25, -0.2) is 0 Å². The van der Waals surface area contributed by atoms with Crippen LogP contribution >= 0.6 is 0 Å². The minimum Gasteiger partial charge on any atom is -0.497 e. The van der Waals surface area contributed by atoms with Crippen LogP contribution in [0.4, 0.5) is 0 Å². The van der Waals surface area contributed by atoms with E-state index in [2.05, 4.69) is 5.43 Å². The van der Waals surface area contributed by atoms with Crippen molar-refractivity contribution in [3.8, 4) is 11.5 Å². The summed E-state index contributed by atoms with van der Waals surface area (Å²) in [7, 11) is 3.22. The zero-order chi connectivity index (χ0) is 15.2. The van der Waals surface area contributed by atoms with Crippen molar-refractivity contribution in [2.24, 2.45) is 5.84 Å². The van der Waals surface area contributed by atoms with Crippen molar-refractivity contribution in [1.82, 2.24) is 5.43 Å². The third-order valence-electron chi connectivity index (χ3n) is 3.43. The molecule has 112 valence electrons. The number of rotatable bonds is 6. The summed E-state index contributed by atoms with van der Waals surface area (Å²) >= 11 is 0. The van der Waals surface area contributed by atoms with Gasteiger partial charge in [0.15, 0.2) is 0 Å². The lowest BCUT2D eigenvalue weighted by Gasteiger charge is -2.23. The van der Waals surface area contributed by atoms with Crippen molar-refractivity contribution >= 4 is 0 Å². The summed E-state index contributed by atoms with van der Waals surface area (Å²) in [5.74, 6) is 7.10. The number of methoxy groups -OCH3 is 2. The van der Waals surface area contributed by atoms with Gasteiger partial charge in [-0.05, 0) is 35.4 Å². The molecular weight excluding hydrogens is 268 g/mol. The van der Waals surface area contributed by atoms with Crippen molar-refractivity contribution in [3.63, 3.8) is 0 Å². The summed E-state index contributed by atoms with van der Waals surface area (Å²) in [5.41, 5.74) is 4.30. The molecule has 0 bridgehead atoms. The van der Waals surface area contributed by atoms with Crippen molar-refractivity contribution in [2.45, 2.75) is 12.1 Å². The Labute approximate surface area is 124 Å². The number of aliphatic hydroxyl groups excluding tert-OH is 1. The Balaban J connectivity index is 2.21. The zero-order valence-corrected chi connectivity index (χ0v) is 12.1. The lowest BCUT2D eigenvalue weighted by Crippen LogP contribution is -2.32. The molecule has 0 aliphatic carbocycles. The number of benzene rings is 2. The van der Waals surface area contributed by atoms with E-state index in [-0.39, 0.29) is 0 Å². The molecule has 4 N–H and O–H groups in total. The second-order valence-electron chi connectivity index (χ2n) is 4.64. The van der Waals surface area contributed by atoms with Crippen LogP contribution < -0.4 is 20.7 Å². The van der Waals surface area contributed by atoms with Gasteiger partial charge in [0, 0.05) is 0 Å². The van der Waals surface area contributed by atoms with Crippen LogP contribution in [0.25, 0.3) is 0 Å². The lowest BCUT2D eigenvalue weighted by molar-refractivity contribution is 0.129. The summed E-state index contributed by atoms with van der Waals surface area (Å²) in [6.45, 7) is 0. The fourth-order valence-electron chi connectivity index (χ4n) is 2.17. The van der Waals surface area contributed by atoms with Gasteiger partial charge in [-0.2, -0.15) is 0 Å². The highest BCUT2D eigenvalue weighted by molar-refractivity contribution is 5.33. The van der Waals surface area contributed by atoms with Gasteiger partial charge >= 0.3 is 0 Å². The molecular formula is C16H20N2O3. The molecule has 0 spiro atoms. The maximum atomic E-state index is 10.5. The molecule has 0 saturated heterocycles. The van der Waals surface area contributed by atoms with Crippen molar-refractivity contribution in [2.75, 3.05) is 14.2 Å². The van der Waals surface area contributed by atoms with Gasteiger partial charge in [-0.15, -0.1) is 0 Å². The van der Waals surface area contributed by atoms with Gasteiger partial charge in [0.05, 0.1) is 26.4 Å². The first-order valence-electron chi connectivity index (χ1n) is 6.61. The van der Waals surface area contributed by atoms with Gasteiger partial charge in [-0.3, -0.25) is 11.3 Å². The van der Waals surface area contributed by atoms with Crippen LogP contribution in [-0.2, 0) is 0 Å². The standard InChI is InChI=1S/C16H20N2O3/c1-20-13-7-3-11(4-8-13)15(18-17)16(19)12-5-9-14(21-2)10-6-12/h3-10,15-16,18-19H,17H2,1-2H3. The second-order valence-corrected chi connectivity index (χ2v) is 4.64. The highest BCUT2D eigenvalue weighted by atomic mass is 16.5. The Morgan fingerprint density at radius 2 is 1.29 bits per heavy atom. The van der Waals surface area contributed by atoms with E-state index in [1.165, 1.54) is 0 Å². The van der Waals surface area contributed by atoms with Gasteiger partial charge in [0.25, 0.3) is 0 Å². The molecule has 0 aliphatic heterocycles. The average Bonchev–Trinajstić information content (AvgIpc) is 2.56. The Morgan fingerprint density at radius 1 is 0.857 bits per heavy atom. The molecule has 0 radical (unpaired) electrons. The van der Waals surface area contributed by atoms with E-state index in [0.29, 0.717) is 0 Å². The molecule has 5 heteroatoms. The first-order chi connectivity index (χ1) is 10.2. The molecule has 2 aromatic rings. The van der Waals surface area contributed by atoms with Crippen LogP contribution in [0, 0.1) is 0 Å². The molecule has 2 aromatic carbocycles. The van der Waals surface area contributed by atoms with Crippen LogP contribution in [0.1, 0.15) is 23.3 Å². The highest BCUT2D eigenvalue weighted by Crippen LogP contribution is 2.30. The molecule has 0 amide bonds. The van der Waals surface area contributed by atoms with E-state index >= 15 is 0 Å². The largest absolute Gasteiger partial charge is 0.497 e. The Bertz CT molecular complexity index is 555. The Hall–Kier alpha value is -2.08. The van der Waals surface area contributed by atoms with Crippen LogP contribution in [0.5, 0.6) is 11.5 Å². The molecule has 2 unspecified atom stereocenters. The first kappa shape index (κ1) is 15.3. The molecule has 0 aromatic heterocycles. The summed E-state index contributed by atoms with van der Waals surface area (Å²) in [6, 6.07) is 14.2. The van der Waals surface area contributed by atoms with Crippen LogP contribution in [0.3, 0.4) is 0 Å². The number of aliphatic hydroxyl groups is 1. The number of hydrogen-bond donors (Lipinski definition) is 3. The molecule has 2 atom stereocenters. The first-order valence-corrected chi connectivity index (χ1v) is 6.61. The van der Waals surface area contributed by atoms with E-state index in [4.69, 9.17) is 15.3 Å². The highest BCUT2D eigenvalue weighted by Gasteiger charge is 2.21. The van der Waals surface area contributed by atoms with Crippen LogP contribution in [0.2, 0.25) is 0 Å². The Kier molecular flexibility index (Phi) is 5.16. The van der Waals surface area contributed by atoms with Gasteiger partial charge in [-0.1, -0.05) is 24.3 Å². The molecule has 2 rings (SSSR count). The zero-order valence-electron chi connectivity index (χ0n) is 12.1. The Morgan fingerprint density at radius 3 is 1.67 bits per heavy atom. The van der Waals surface area contributed by atoms with E-state index in [9.17, 15) is 5.11 Å². The maximum Gasteiger partial charge on any atom is 0.118 e. The van der Waals surface area contributed by atoms with Gasteiger partial charge in [0.2, 0.25) is 0 Å². The number of hydrazine groups is 1. The summed E-state index contributed by atoms with van der Waals surface area (Å²) in [6.07, 6.45) is -0.769. The normalized spacial score (nSPS) is 13.5. The summed E-state index contributed by atoms with van der Waals surface area (Å²) < 4.78 is 10.2. The SMILES string of the molecule is COc1ccc(C(O)C(NN)c2ccc(OC)cc2)cc1. The minimum atomic E-state index is -0.769. The van der Waals surface area contributed by atoms with Crippen LogP contribution in [-0.4, -0.2) is 19.3 Å². The number of hydrogen-bond acceptors (Lipinski definition) is 5. The topological polar surface area (TPSA) is 76.7 Å². The quantitative estimate of drug-likeness (QED) is 0.559. The van der Waals surface area contributed by atoms with Crippen LogP contribution in [0.15, 0.2) is 48.5 Å². The number of ether oxygens (including phenoxy) is 2. The molecule has 0 aliphatic rings. The van der Waals surface area contributed by atoms with E-state index < -0.39 is 12.1 Å². The van der Waals surface area contributed by atoms with Crippen molar-refractivity contribution < 1.29 is 14.6 Å². The third kappa shape index (κ3) is 3.52. The third-order valence-corrected chi connectivity index (χ3v) is 3.43. The lowest BCUT2D eigenvalue weighted by atomic mass is 9.96. The predicted molar refractivity (Wildman–Crippen MR) is 81.0 cm³/mol. The fraction of sp³-hybridized carbons (Fsp3) is 0.250. The van der Waals surface area contributed by atoms with Crippen molar-refractivity contribution in [3.05, 3.63) is 59.7 Å². The molecule has 0 heterocycles. The number of nitrogens with two attached hydrogens (primary N) is 1. The fourth-order valence-corrected chi connectivity index (χ4v) is 2.17. The second kappa shape index (κ2) is 7.08. The molecule has 21 heavy (non-hydrogen) atoms. The molecule has 0 fully saturated rings. The van der Waals surface area contributed by atoms with E-state index in [0.717, 1.165) is 22.6 Å². The molecule has 5 nitrogen and oxygen atoms in total. The minimum absolute atomic E-state index is 0.413. The van der Waals surface area contributed by atoms with Gasteiger partial charge < -0.3 is 14.6 Å². The average molecular weight is 288 g/mol. The monoisotopic (exact) mass is 288 g/mol. The van der Waals surface area contributed by atoms with E-state index in [1.807, 2.05) is 36.4 Å². The predicted octanol–water partition coefficient (Wildman–Crippen LogP) is 1.94. The molecule has 0 saturated carbocycles. The number of nitrogens with one attached hydrogen (secondary N) is 1. The smallest absolute Gasteiger partial charge is 0.118 e. The maximum absolute atomic E-state index is 10.5. The van der Waals surface area contributed by atoms with Gasteiger partial charge in [0.1, 0.15) is 11.5 Å².